The van der Waals surface area contributed by atoms with Crippen LogP contribution in [0.5, 0.6) is 0 Å². The molecular formula is C10H17N5O2S2. The zero-order chi connectivity index (χ0) is 14.0. The van der Waals surface area contributed by atoms with E-state index in [0.717, 1.165) is 0 Å². The normalized spacial score (nSPS) is 18.6. The number of rotatable bonds is 4. The molecule has 1 aliphatic heterocycles. The van der Waals surface area contributed by atoms with Crippen LogP contribution in [0.2, 0.25) is 0 Å². The molecule has 1 fully saturated rings. The van der Waals surface area contributed by atoms with Crippen molar-refractivity contribution < 1.29 is 8.42 Å². The largest absolute Gasteiger partial charge is 0.392 e. The molecular weight excluding hydrogens is 286 g/mol. The number of piperazine rings is 1. The van der Waals surface area contributed by atoms with E-state index in [9.17, 15) is 8.42 Å². The van der Waals surface area contributed by atoms with E-state index in [1.54, 1.807) is 7.05 Å². The van der Waals surface area contributed by atoms with Gasteiger partial charge < -0.3 is 5.73 Å². The van der Waals surface area contributed by atoms with Crippen molar-refractivity contribution in [2.75, 3.05) is 32.7 Å². The molecule has 0 radical (unpaired) electrons. The molecule has 1 saturated heterocycles. The molecule has 0 aromatic carbocycles. The SMILES string of the molecule is Cn1nccc1S(=O)(=O)N1CCN(CC(N)=S)CC1. The zero-order valence-corrected chi connectivity index (χ0v) is 12.3. The first-order chi connectivity index (χ1) is 8.91. The molecule has 2 N–H and O–H groups in total. The fraction of sp³-hybridized carbons (Fsp3) is 0.600. The van der Waals surface area contributed by atoms with Gasteiger partial charge in [-0.05, 0) is 6.07 Å². The molecule has 0 bridgehead atoms. The summed E-state index contributed by atoms with van der Waals surface area (Å²) in [7, 11) is -1.84. The van der Waals surface area contributed by atoms with Crippen LogP contribution in [0.1, 0.15) is 0 Å². The number of sulfonamides is 1. The topological polar surface area (TPSA) is 84.5 Å². The summed E-state index contributed by atoms with van der Waals surface area (Å²) < 4.78 is 27.6. The van der Waals surface area contributed by atoms with Gasteiger partial charge in [-0.3, -0.25) is 9.58 Å². The Kier molecular flexibility index (Phi) is 4.19. The quantitative estimate of drug-likeness (QED) is 0.719. The van der Waals surface area contributed by atoms with Gasteiger partial charge in [0, 0.05) is 39.8 Å². The van der Waals surface area contributed by atoms with E-state index < -0.39 is 10.0 Å². The second-order valence-corrected chi connectivity index (χ2v) is 6.85. The Morgan fingerprint density at radius 1 is 1.42 bits per heavy atom. The molecule has 2 heterocycles. The van der Waals surface area contributed by atoms with Crippen LogP contribution >= 0.6 is 12.2 Å². The van der Waals surface area contributed by atoms with Crippen LogP contribution < -0.4 is 5.73 Å². The average molecular weight is 303 g/mol. The Balaban J connectivity index is 2.05. The maximum absolute atomic E-state index is 12.4. The van der Waals surface area contributed by atoms with Crippen LogP contribution in [0.15, 0.2) is 17.3 Å². The standard InChI is InChI=1S/C10H17N5O2S2/c1-13-10(2-3-12-13)19(16,17)15-6-4-14(5-7-15)8-9(11)18/h2-3H,4-8H2,1H3,(H2,11,18). The van der Waals surface area contributed by atoms with Gasteiger partial charge in [-0.2, -0.15) is 9.40 Å². The van der Waals surface area contributed by atoms with E-state index in [2.05, 4.69) is 10.00 Å². The third-order valence-corrected chi connectivity index (χ3v) is 5.19. The Morgan fingerprint density at radius 3 is 2.53 bits per heavy atom. The summed E-state index contributed by atoms with van der Waals surface area (Å²) in [6, 6.07) is 1.51. The summed E-state index contributed by atoms with van der Waals surface area (Å²) in [6.07, 6.45) is 1.48. The first-order valence-corrected chi connectivity index (χ1v) is 7.75. The molecule has 0 atom stereocenters. The van der Waals surface area contributed by atoms with Gasteiger partial charge in [-0.15, -0.1) is 0 Å². The molecule has 1 aromatic rings. The second-order valence-electron chi connectivity index (χ2n) is 4.44. The van der Waals surface area contributed by atoms with Crippen molar-refractivity contribution >= 4 is 27.2 Å². The number of aryl methyl sites for hydroxylation is 1. The van der Waals surface area contributed by atoms with E-state index in [1.165, 1.54) is 21.3 Å². The lowest BCUT2D eigenvalue weighted by Gasteiger charge is -2.33. The maximum Gasteiger partial charge on any atom is 0.260 e. The smallest absolute Gasteiger partial charge is 0.260 e. The number of aromatic nitrogens is 2. The maximum atomic E-state index is 12.4. The highest BCUT2D eigenvalue weighted by molar-refractivity contribution is 7.89. The minimum Gasteiger partial charge on any atom is -0.392 e. The van der Waals surface area contributed by atoms with E-state index in [1.807, 2.05) is 0 Å². The lowest BCUT2D eigenvalue weighted by Crippen LogP contribution is -2.50. The molecule has 0 spiro atoms. The second kappa shape index (κ2) is 5.53. The summed E-state index contributed by atoms with van der Waals surface area (Å²) in [4.78, 5) is 2.49. The highest BCUT2D eigenvalue weighted by Crippen LogP contribution is 2.16. The first-order valence-electron chi connectivity index (χ1n) is 5.90. The van der Waals surface area contributed by atoms with Crippen molar-refractivity contribution in [2.24, 2.45) is 12.8 Å². The third-order valence-electron chi connectivity index (χ3n) is 3.09. The summed E-state index contributed by atoms with van der Waals surface area (Å²) in [5, 5.41) is 4.12. The first kappa shape index (κ1) is 14.4. The fourth-order valence-corrected chi connectivity index (χ4v) is 3.80. The van der Waals surface area contributed by atoms with Crippen LogP contribution in [0.25, 0.3) is 0 Å². The summed E-state index contributed by atoms with van der Waals surface area (Å²) in [5.74, 6) is 0. The van der Waals surface area contributed by atoms with Gasteiger partial charge in [0.2, 0.25) is 0 Å². The number of thiocarbonyl (C=S) groups is 1. The van der Waals surface area contributed by atoms with Gasteiger partial charge in [0.1, 0.15) is 0 Å². The molecule has 2 rings (SSSR count). The Morgan fingerprint density at radius 2 is 2.05 bits per heavy atom. The molecule has 0 amide bonds. The molecule has 0 unspecified atom stereocenters. The van der Waals surface area contributed by atoms with E-state index >= 15 is 0 Å². The molecule has 106 valence electrons. The summed E-state index contributed by atoms with van der Waals surface area (Å²) >= 11 is 4.85. The predicted octanol–water partition coefficient (Wildman–Crippen LogP) is -0.987. The van der Waals surface area contributed by atoms with Crippen LogP contribution in [-0.4, -0.2) is 65.1 Å². The van der Waals surface area contributed by atoms with E-state index in [4.69, 9.17) is 18.0 Å². The average Bonchev–Trinajstić information content (AvgIpc) is 2.76. The molecule has 9 heteroatoms. The van der Waals surface area contributed by atoms with E-state index in [0.29, 0.717) is 37.7 Å². The van der Waals surface area contributed by atoms with Crippen LogP contribution in [0.4, 0.5) is 0 Å². The molecule has 1 aromatic heterocycles. The fourth-order valence-electron chi connectivity index (χ4n) is 2.10. The molecule has 1 aliphatic rings. The predicted molar refractivity (Wildman–Crippen MR) is 75.2 cm³/mol. The number of hydrogen-bond donors (Lipinski definition) is 1. The number of hydrogen-bond acceptors (Lipinski definition) is 5. The van der Waals surface area contributed by atoms with Crippen LogP contribution in [-0.2, 0) is 17.1 Å². The number of nitrogens with two attached hydrogens (primary N) is 1. The van der Waals surface area contributed by atoms with Gasteiger partial charge in [-0.1, -0.05) is 12.2 Å². The van der Waals surface area contributed by atoms with Crippen molar-refractivity contribution in [3.63, 3.8) is 0 Å². The van der Waals surface area contributed by atoms with Crippen molar-refractivity contribution in [2.45, 2.75) is 5.03 Å². The molecule has 7 nitrogen and oxygen atoms in total. The van der Waals surface area contributed by atoms with Gasteiger partial charge in [0.15, 0.2) is 5.03 Å². The lowest BCUT2D eigenvalue weighted by atomic mass is 10.3. The Bertz CT molecular complexity index is 560. The zero-order valence-electron chi connectivity index (χ0n) is 10.7. The van der Waals surface area contributed by atoms with E-state index in [-0.39, 0.29) is 5.03 Å². The Hall–Kier alpha value is -1.03. The van der Waals surface area contributed by atoms with Crippen molar-refractivity contribution in [1.29, 1.82) is 0 Å². The van der Waals surface area contributed by atoms with Crippen LogP contribution in [0, 0.1) is 0 Å². The van der Waals surface area contributed by atoms with Crippen LogP contribution in [0.3, 0.4) is 0 Å². The van der Waals surface area contributed by atoms with Crippen molar-refractivity contribution in [1.82, 2.24) is 19.0 Å². The van der Waals surface area contributed by atoms with Gasteiger partial charge in [0.25, 0.3) is 10.0 Å². The van der Waals surface area contributed by atoms with Gasteiger partial charge >= 0.3 is 0 Å². The minimum atomic E-state index is -3.46. The molecule has 19 heavy (non-hydrogen) atoms. The highest BCUT2D eigenvalue weighted by Gasteiger charge is 2.30. The van der Waals surface area contributed by atoms with Gasteiger partial charge in [-0.25, -0.2) is 8.42 Å². The highest BCUT2D eigenvalue weighted by atomic mass is 32.2. The third kappa shape index (κ3) is 3.11. The molecule has 0 aliphatic carbocycles. The van der Waals surface area contributed by atoms with Gasteiger partial charge in [0.05, 0.1) is 11.2 Å². The summed E-state index contributed by atoms with van der Waals surface area (Å²) in [6.45, 7) is 2.68. The lowest BCUT2D eigenvalue weighted by molar-refractivity contribution is 0.209. The number of nitrogens with zero attached hydrogens (tertiary/aromatic N) is 4. The van der Waals surface area contributed by atoms with Crippen molar-refractivity contribution in [3.8, 4) is 0 Å². The molecule has 0 saturated carbocycles. The van der Waals surface area contributed by atoms with Crippen molar-refractivity contribution in [3.05, 3.63) is 12.3 Å². The minimum absolute atomic E-state index is 0.218. The monoisotopic (exact) mass is 303 g/mol. The Labute approximate surface area is 118 Å². The summed E-state index contributed by atoms with van der Waals surface area (Å²) in [5.41, 5.74) is 5.49.